The molecule has 0 bridgehead atoms. The molecule has 1 aromatic rings. The average molecular weight is 296 g/mol. The Balaban J connectivity index is 2.49. The SMILES string of the molecule is CCC(C)N(CC(=O)O)C(=O)NCCc1ccc(F)cc1. The zero-order valence-electron chi connectivity index (χ0n) is 12.3. The van der Waals surface area contributed by atoms with Crippen molar-refractivity contribution in [3.05, 3.63) is 35.6 Å². The van der Waals surface area contributed by atoms with Gasteiger partial charge in [0.25, 0.3) is 0 Å². The van der Waals surface area contributed by atoms with E-state index < -0.39 is 12.0 Å². The lowest BCUT2D eigenvalue weighted by Crippen LogP contribution is -2.47. The topological polar surface area (TPSA) is 69.6 Å². The lowest BCUT2D eigenvalue weighted by Gasteiger charge is -2.27. The minimum Gasteiger partial charge on any atom is -0.480 e. The third-order valence-corrected chi connectivity index (χ3v) is 3.29. The van der Waals surface area contributed by atoms with Crippen LogP contribution < -0.4 is 5.32 Å². The summed E-state index contributed by atoms with van der Waals surface area (Å²) < 4.78 is 12.8. The molecular formula is C15H21FN2O3. The summed E-state index contributed by atoms with van der Waals surface area (Å²) in [4.78, 5) is 24.1. The van der Waals surface area contributed by atoms with Crippen LogP contribution >= 0.6 is 0 Å². The monoisotopic (exact) mass is 296 g/mol. The second-order valence-corrected chi connectivity index (χ2v) is 4.89. The number of urea groups is 1. The van der Waals surface area contributed by atoms with E-state index in [9.17, 15) is 14.0 Å². The van der Waals surface area contributed by atoms with Crippen LogP contribution in [-0.4, -0.2) is 41.1 Å². The van der Waals surface area contributed by atoms with Gasteiger partial charge in [-0.2, -0.15) is 0 Å². The van der Waals surface area contributed by atoms with Gasteiger partial charge < -0.3 is 15.3 Å². The van der Waals surface area contributed by atoms with Crippen LogP contribution in [0.25, 0.3) is 0 Å². The Morgan fingerprint density at radius 1 is 1.33 bits per heavy atom. The summed E-state index contributed by atoms with van der Waals surface area (Å²) in [6.45, 7) is 3.75. The molecule has 0 aromatic heterocycles. The highest BCUT2D eigenvalue weighted by molar-refractivity contribution is 5.80. The summed E-state index contributed by atoms with van der Waals surface area (Å²) >= 11 is 0. The third kappa shape index (κ3) is 5.81. The Bertz CT molecular complexity index is 476. The molecule has 0 saturated heterocycles. The molecule has 116 valence electrons. The first-order valence-corrected chi connectivity index (χ1v) is 6.94. The smallest absolute Gasteiger partial charge is 0.323 e. The highest BCUT2D eigenvalue weighted by Gasteiger charge is 2.20. The first kappa shape index (κ1) is 16.9. The Kier molecular flexibility index (Phi) is 6.65. The van der Waals surface area contributed by atoms with Crippen LogP contribution in [0.5, 0.6) is 0 Å². The van der Waals surface area contributed by atoms with Crippen LogP contribution in [0.1, 0.15) is 25.8 Å². The zero-order valence-corrected chi connectivity index (χ0v) is 12.3. The van der Waals surface area contributed by atoms with Crippen molar-refractivity contribution in [3.8, 4) is 0 Å². The summed E-state index contributed by atoms with van der Waals surface area (Å²) in [6, 6.07) is 5.51. The average Bonchev–Trinajstić information content (AvgIpc) is 2.45. The van der Waals surface area contributed by atoms with Gasteiger partial charge in [-0.25, -0.2) is 9.18 Å². The van der Waals surface area contributed by atoms with E-state index in [0.29, 0.717) is 19.4 Å². The number of hydrogen-bond acceptors (Lipinski definition) is 2. The maximum absolute atomic E-state index is 12.8. The molecule has 0 fully saturated rings. The molecule has 21 heavy (non-hydrogen) atoms. The van der Waals surface area contributed by atoms with Crippen LogP contribution in [0.3, 0.4) is 0 Å². The number of carbonyl (C=O) groups excluding carboxylic acids is 1. The van der Waals surface area contributed by atoms with Crippen molar-refractivity contribution in [1.82, 2.24) is 10.2 Å². The molecule has 1 rings (SSSR count). The van der Waals surface area contributed by atoms with Gasteiger partial charge in [0.05, 0.1) is 0 Å². The minimum absolute atomic E-state index is 0.146. The number of hydrogen-bond donors (Lipinski definition) is 2. The van der Waals surface area contributed by atoms with Crippen molar-refractivity contribution in [2.75, 3.05) is 13.1 Å². The first-order chi connectivity index (χ1) is 9.93. The van der Waals surface area contributed by atoms with Gasteiger partial charge in [0.15, 0.2) is 0 Å². The Morgan fingerprint density at radius 3 is 2.48 bits per heavy atom. The summed E-state index contributed by atoms with van der Waals surface area (Å²) in [5, 5.41) is 11.5. The van der Waals surface area contributed by atoms with Gasteiger partial charge >= 0.3 is 12.0 Å². The van der Waals surface area contributed by atoms with Crippen LogP contribution in [0.4, 0.5) is 9.18 Å². The Hall–Kier alpha value is -2.11. The Labute approximate surface area is 123 Å². The molecule has 0 aliphatic carbocycles. The summed E-state index contributed by atoms with van der Waals surface area (Å²) in [6.07, 6.45) is 1.24. The number of amides is 2. The number of carbonyl (C=O) groups is 2. The quantitative estimate of drug-likeness (QED) is 0.811. The third-order valence-electron chi connectivity index (χ3n) is 3.29. The largest absolute Gasteiger partial charge is 0.480 e. The van der Waals surface area contributed by atoms with E-state index in [1.165, 1.54) is 17.0 Å². The summed E-state index contributed by atoms with van der Waals surface area (Å²) in [7, 11) is 0. The highest BCUT2D eigenvalue weighted by atomic mass is 19.1. The van der Waals surface area contributed by atoms with Crippen LogP contribution in [-0.2, 0) is 11.2 Å². The molecule has 0 heterocycles. The van der Waals surface area contributed by atoms with Gasteiger partial charge in [0.1, 0.15) is 12.4 Å². The molecule has 6 heteroatoms. The summed E-state index contributed by atoms with van der Waals surface area (Å²) in [5.74, 6) is -1.34. The van der Waals surface area contributed by atoms with Gasteiger partial charge in [0.2, 0.25) is 0 Å². The van der Waals surface area contributed by atoms with E-state index in [2.05, 4.69) is 5.32 Å². The van der Waals surface area contributed by atoms with Crippen LogP contribution in [0, 0.1) is 5.82 Å². The van der Waals surface area contributed by atoms with Gasteiger partial charge in [0, 0.05) is 12.6 Å². The van der Waals surface area contributed by atoms with Crippen molar-refractivity contribution in [1.29, 1.82) is 0 Å². The van der Waals surface area contributed by atoms with Gasteiger partial charge in [-0.3, -0.25) is 4.79 Å². The fraction of sp³-hybridized carbons (Fsp3) is 0.467. The number of nitrogens with zero attached hydrogens (tertiary/aromatic N) is 1. The minimum atomic E-state index is -1.04. The van der Waals surface area contributed by atoms with E-state index in [4.69, 9.17) is 5.11 Å². The van der Waals surface area contributed by atoms with Crippen LogP contribution in [0.15, 0.2) is 24.3 Å². The molecule has 5 nitrogen and oxygen atoms in total. The molecule has 1 aromatic carbocycles. The molecule has 2 amide bonds. The molecule has 1 atom stereocenters. The molecule has 1 unspecified atom stereocenters. The van der Waals surface area contributed by atoms with Crippen molar-refractivity contribution in [3.63, 3.8) is 0 Å². The molecule has 2 N–H and O–H groups in total. The Morgan fingerprint density at radius 2 is 1.95 bits per heavy atom. The molecule has 0 radical (unpaired) electrons. The van der Waals surface area contributed by atoms with Gasteiger partial charge in [-0.1, -0.05) is 19.1 Å². The van der Waals surface area contributed by atoms with E-state index in [1.807, 2.05) is 13.8 Å². The molecule has 0 aliphatic heterocycles. The number of nitrogens with one attached hydrogen (secondary N) is 1. The predicted molar refractivity (Wildman–Crippen MR) is 77.6 cm³/mol. The number of aliphatic carboxylic acids is 1. The van der Waals surface area contributed by atoms with E-state index in [0.717, 1.165) is 5.56 Å². The number of carboxylic acids is 1. The van der Waals surface area contributed by atoms with Crippen molar-refractivity contribution >= 4 is 12.0 Å². The molecule has 0 spiro atoms. The van der Waals surface area contributed by atoms with E-state index in [1.54, 1.807) is 12.1 Å². The highest BCUT2D eigenvalue weighted by Crippen LogP contribution is 2.05. The number of carboxylic acid groups (broad SMARTS) is 1. The van der Waals surface area contributed by atoms with Crippen LogP contribution in [0.2, 0.25) is 0 Å². The van der Waals surface area contributed by atoms with Gasteiger partial charge in [-0.05, 0) is 37.5 Å². The fourth-order valence-corrected chi connectivity index (χ4v) is 1.86. The zero-order chi connectivity index (χ0) is 15.8. The molecule has 0 saturated carbocycles. The lowest BCUT2D eigenvalue weighted by molar-refractivity contribution is -0.138. The molecular weight excluding hydrogens is 275 g/mol. The predicted octanol–water partition coefficient (Wildman–Crippen LogP) is 2.26. The summed E-state index contributed by atoms with van der Waals surface area (Å²) in [5.41, 5.74) is 0.907. The van der Waals surface area contributed by atoms with Gasteiger partial charge in [-0.15, -0.1) is 0 Å². The van der Waals surface area contributed by atoms with E-state index >= 15 is 0 Å². The fourth-order valence-electron chi connectivity index (χ4n) is 1.86. The first-order valence-electron chi connectivity index (χ1n) is 6.94. The number of benzene rings is 1. The number of halogens is 1. The maximum atomic E-state index is 12.8. The lowest BCUT2D eigenvalue weighted by atomic mass is 10.1. The maximum Gasteiger partial charge on any atom is 0.323 e. The number of rotatable bonds is 7. The molecule has 0 aliphatic rings. The van der Waals surface area contributed by atoms with Crippen molar-refractivity contribution < 1.29 is 19.1 Å². The normalized spacial score (nSPS) is 11.8. The van der Waals surface area contributed by atoms with Crippen molar-refractivity contribution in [2.24, 2.45) is 0 Å². The second-order valence-electron chi connectivity index (χ2n) is 4.89. The second kappa shape index (κ2) is 8.24. The standard InChI is InChI=1S/C15H21FN2O3/c1-3-11(2)18(10-14(19)20)15(21)17-9-8-12-4-6-13(16)7-5-12/h4-7,11H,3,8-10H2,1-2H3,(H,17,21)(H,19,20). The van der Waals surface area contributed by atoms with Crippen molar-refractivity contribution in [2.45, 2.75) is 32.7 Å². The van der Waals surface area contributed by atoms with E-state index in [-0.39, 0.29) is 18.4 Å².